The first-order valence-corrected chi connectivity index (χ1v) is 8.38. The van der Waals surface area contributed by atoms with Gasteiger partial charge in [-0.1, -0.05) is 0 Å². The van der Waals surface area contributed by atoms with Crippen molar-refractivity contribution in [3.8, 4) is 0 Å². The Bertz CT molecular complexity index is 626. The largest absolute Gasteiger partial charge is 0.465 e. The van der Waals surface area contributed by atoms with E-state index < -0.39 is 40.5 Å². The van der Waals surface area contributed by atoms with Crippen molar-refractivity contribution in [3.63, 3.8) is 0 Å². The van der Waals surface area contributed by atoms with Crippen molar-refractivity contribution < 1.29 is 32.9 Å². The first-order chi connectivity index (χ1) is 10.1. The molecule has 8 nitrogen and oxygen atoms in total. The molecule has 0 amide bonds. The Balaban J connectivity index is 2.07. The van der Waals surface area contributed by atoms with Crippen LogP contribution in [0.4, 0.5) is 0 Å². The highest BCUT2D eigenvalue weighted by molar-refractivity contribution is 7.89. The molecule has 2 rings (SSSR count). The fourth-order valence-electron chi connectivity index (χ4n) is 2.45. The topological polar surface area (TPSA) is 129 Å². The first-order valence-electron chi connectivity index (χ1n) is 6.90. The molecule has 5 atom stereocenters. The maximum atomic E-state index is 12.2. The van der Waals surface area contributed by atoms with Crippen molar-refractivity contribution in [3.05, 3.63) is 17.6 Å². The molecule has 1 aliphatic rings. The number of sulfonamides is 1. The molecular weight excluding hydrogens is 314 g/mol. The van der Waals surface area contributed by atoms with Crippen molar-refractivity contribution in [1.29, 1.82) is 0 Å². The number of nitrogens with one attached hydrogen (secondary N) is 1. The lowest BCUT2D eigenvalue weighted by Crippen LogP contribution is -2.59. The molecule has 1 aliphatic heterocycles. The monoisotopic (exact) mass is 335 g/mol. The van der Waals surface area contributed by atoms with Gasteiger partial charge in [-0.05, 0) is 26.8 Å². The van der Waals surface area contributed by atoms with Crippen LogP contribution in [0, 0.1) is 13.8 Å². The number of hydrogen-bond donors (Lipinski definition) is 4. The Hall–Kier alpha value is -0.970. The number of aryl methyl sites for hydroxylation is 2. The molecule has 0 bridgehead atoms. The van der Waals surface area contributed by atoms with Crippen LogP contribution in [-0.2, 0) is 14.8 Å². The third kappa shape index (κ3) is 3.34. The van der Waals surface area contributed by atoms with Crippen molar-refractivity contribution in [2.24, 2.45) is 0 Å². The van der Waals surface area contributed by atoms with Crippen LogP contribution in [0.5, 0.6) is 0 Å². The summed E-state index contributed by atoms with van der Waals surface area (Å²) in [4.78, 5) is 0.0175. The highest BCUT2D eigenvalue weighted by Gasteiger charge is 2.42. The lowest BCUT2D eigenvalue weighted by Gasteiger charge is -2.39. The van der Waals surface area contributed by atoms with Gasteiger partial charge in [-0.2, -0.15) is 0 Å². The minimum absolute atomic E-state index is 0.0175. The van der Waals surface area contributed by atoms with Gasteiger partial charge >= 0.3 is 0 Å². The van der Waals surface area contributed by atoms with Crippen LogP contribution < -0.4 is 4.72 Å². The predicted molar refractivity (Wildman–Crippen MR) is 75.7 cm³/mol. The molecule has 0 saturated carbocycles. The molecule has 22 heavy (non-hydrogen) atoms. The molecule has 0 aliphatic carbocycles. The van der Waals surface area contributed by atoms with Crippen LogP contribution in [0.1, 0.15) is 18.4 Å². The Morgan fingerprint density at radius 1 is 1.18 bits per heavy atom. The summed E-state index contributed by atoms with van der Waals surface area (Å²) in [5.74, 6) is 0.734. The maximum absolute atomic E-state index is 12.2. The van der Waals surface area contributed by atoms with E-state index in [0.29, 0.717) is 5.76 Å². The predicted octanol–water partition coefficient (Wildman–Crippen LogP) is -0.955. The highest BCUT2D eigenvalue weighted by Crippen LogP contribution is 2.22. The summed E-state index contributed by atoms with van der Waals surface area (Å²) >= 11 is 0. The summed E-state index contributed by atoms with van der Waals surface area (Å²) in [6.07, 6.45) is -5.68. The molecule has 1 aromatic rings. The third-order valence-electron chi connectivity index (χ3n) is 3.71. The fraction of sp³-hybridized carbons (Fsp3) is 0.692. The molecule has 1 aromatic heterocycles. The van der Waals surface area contributed by atoms with Crippen molar-refractivity contribution in [2.45, 2.75) is 56.2 Å². The van der Waals surface area contributed by atoms with E-state index in [4.69, 9.17) is 9.15 Å². The van der Waals surface area contributed by atoms with Crippen LogP contribution in [0.3, 0.4) is 0 Å². The van der Waals surface area contributed by atoms with Crippen molar-refractivity contribution in [2.75, 3.05) is 6.54 Å². The molecule has 0 aromatic carbocycles. The number of ether oxygens (including phenoxy) is 1. The zero-order valence-corrected chi connectivity index (χ0v) is 13.4. The zero-order valence-electron chi connectivity index (χ0n) is 12.6. The number of furan rings is 1. The van der Waals surface area contributed by atoms with E-state index in [1.54, 1.807) is 6.92 Å². The lowest BCUT2D eigenvalue weighted by molar-refractivity contribution is -0.214. The van der Waals surface area contributed by atoms with Crippen LogP contribution in [0.2, 0.25) is 0 Å². The second-order valence-electron chi connectivity index (χ2n) is 5.48. The van der Waals surface area contributed by atoms with E-state index in [2.05, 4.69) is 4.72 Å². The van der Waals surface area contributed by atoms with E-state index in [-0.39, 0.29) is 17.2 Å². The summed E-state index contributed by atoms with van der Waals surface area (Å²) in [5.41, 5.74) is 0. The Kier molecular flexibility index (Phi) is 4.95. The van der Waals surface area contributed by atoms with E-state index in [1.165, 1.54) is 19.9 Å². The third-order valence-corrected chi connectivity index (χ3v) is 5.24. The summed E-state index contributed by atoms with van der Waals surface area (Å²) < 4.78 is 37.3. The van der Waals surface area contributed by atoms with Gasteiger partial charge in [-0.25, -0.2) is 13.1 Å². The van der Waals surface area contributed by atoms with Gasteiger partial charge in [0.05, 0.1) is 6.10 Å². The molecule has 9 heteroatoms. The average molecular weight is 335 g/mol. The summed E-state index contributed by atoms with van der Waals surface area (Å²) in [5, 5.41) is 29.2. The second-order valence-corrected chi connectivity index (χ2v) is 7.22. The van der Waals surface area contributed by atoms with Crippen LogP contribution in [-0.4, -0.2) is 60.8 Å². The van der Waals surface area contributed by atoms with Gasteiger partial charge in [0.15, 0.2) is 0 Å². The molecule has 4 N–H and O–H groups in total. The number of aliphatic hydroxyl groups is 3. The van der Waals surface area contributed by atoms with Crippen LogP contribution in [0.25, 0.3) is 0 Å². The van der Waals surface area contributed by atoms with Crippen LogP contribution >= 0.6 is 0 Å². The van der Waals surface area contributed by atoms with Crippen LogP contribution in [0.15, 0.2) is 15.4 Å². The van der Waals surface area contributed by atoms with Gasteiger partial charge in [0, 0.05) is 6.54 Å². The SMILES string of the molecule is Cc1cc(S(=O)(=O)NC[C@H]2O[C@@H](C)[C@@H](O)[C@@H](O)[C@@H]2O)c(C)o1. The molecule has 0 spiro atoms. The average Bonchev–Trinajstić information content (AvgIpc) is 2.79. The molecule has 1 saturated heterocycles. The van der Waals surface area contributed by atoms with E-state index in [9.17, 15) is 23.7 Å². The van der Waals surface area contributed by atoms with Crippen molar-refractivity contribution in [1.82, 2.24) is 4.72 Å². The fourth-order valence-corrected chi connectivity index (χ4v) is 3.73. The number of rotatable bonds is 4. The summed E-state index contributed by atoms with van der Waals surface area (Å²) in [6.45, 7) is 4.47. The first kappa shape index (κ1) is 17.4. The van der Waals surface area contributed by atoms with Gasteiger partial charge in [-0.15, -0.1) is 0 Å². The smallest absolute Gasteiger partial charge is 0.244 e. The minimum atomic E-state index is -3.82. The Labute approximate surface area is 128 Å². The normalized spacial score (nSPS) is 33.1. The van der Waals surface area contributed by atoms with E-state index in [1.807, 2.05) is 0 Å². The molecule has 0 unspecified atom stereocenters. The molecular formula is C13H21NO7S. The van der Waals surface area contributed by atoms with Gasteiger partial charge in [0.1, 0.15) is 40.8 Å². The lowest BCUT2D eigenvalue weighted by atomic mass is 9.96. The van der Waals surface area contributed by atoms with E-state index >= 15 is 0 Å². The molecule has 0 radical (unpaired) electrons. The van der Waals surface area contributed by atoms with Crippen molar-refractivity contribution >= 4 is 10.0 Å². The van der Waals surface area contributed by atoms with Gasteiger partial charge in [0.2, 0.25) is 10.0 Å². The Morgan fingerprint density at radius 3 is 2.36 bits per heavy atom. The maximum Gasteiger partial charge on any atom is 0.244 e. The van der Waals surface area contributed by atoms with Gasteiger partial charge in [-0.3, -0.25) is 0 Å². The van der Waals surface area contributed by atoms with E-state index in [0.717, 1.165) is 0 Å². The highest BCUT2D eigenvalue weighted by atomic mass is 32.2. The molecule has 2 heterocycles. The minimum Gasteiger partial charge on any atom is -0.465 e. The number of hydrogen-bond acceptors (Lipinski definition) is 7. The zero-order chi connectivity index (χ0) is 16.7. The molecule has 1 fully saturated rings. The quantitative estimate of drug-likeness (QED) is 0.558. The van der Waals surface area contributed by atoms with Gasteiger partial charge in [0.25, 0.3) is 0 Å². The molecule has 126 valence electrons. The summed E-state index contributed by atoms with van der Waals surface area (Å²) in [6, 6.07) is 1.40. The summed E-state index contributed by atoms with van der Waals surface area (Å²) in [7, 11) is -3.82. The number of aliphatic hydroxyl groups excluding tert-OH is 3. The second kappa shape index (κ2) is 6.26. The Morgan fingerprint density at radius 2 is 1.82 bits per heavy atom. The van der Waals surface area contributed by atoms with Gasteiger partial charge < -0.3 is 24.5 Å². The standard InChI is InChI=1S/C13H21NO7S/c1-6-4-10(7(2)20-6)22(18,19)14-5-9-12(16)13(17)11(15)8(3)21-9/h4,8-9,11-17H,5H2,1-3H3/t8-,9+,11+,12+,13+/m0/s1.